The van der Waals surface area contributed by atoms with Crippen molar-refractivity contribution >= 4 is 5.91 Å². The Balaban J connectivity index is 2.04. The predicted molar refractivity (Wildman–Crippen MR) is 91.3 cm³/mol. The van der Waals surface area contributed by atoms with Crippen molar-refractivity contribution in [2.75, 3.05) is 40.3 Å². The maximum atomic E-state index is 12.8. The summed E-state index contributed by atoms with van der Waals surface area (Å²) >= 11 is 0. The molecule has 0 aromatic heterocycles. The molecule has 22 heavy (non-hydrogen) atoms. The standard InChI is InChI=1S/C18H29N3O/c1-14-8-6-7-9-17(14)18(22)20-12-15(2)21(16(3)13-20)11-10-19(4)5/h6-9,15-16H,10-13H2,1-5H3. The molecule has 1 aromatic rings. The van der Waals surface area contributed by atoms with E-state index in [1.165, 1.54) is 0 Å². The van der Waals surface area contributed by atoms with Gasteiger partial charge in [-0.05, 0) is 46.5 Å². The minimum absolute atomic E-state index is 0.170. The third kappa shape index (κ3) is 3.87. The molecule has 0 bridgehead atoms. The van der Waals surface area contributed by atoms with Crippen LogP contribution in [0.1, 0.15) is 29.8 Å². The number of likely N-dealkylation sites (N-methyl/N-ethyl adjacent to an activating group) is 1. The molecule has 1 amide bonds. The SMILES string of the molecule is Cc1ccccc1C(=O)N1CC(C)N(CCN(C)C)C(C)C1. The lowest BCUT2D eigenvalue weighted by molar-refractivity contribution is 0.0282. The molecule has 122 valence electrons. The zero-order chi connectivity index (χ0) is 16.3. The second-order valence-electron chi connectivity index (χ2n) is 6.76. The molecule has 1 aliphatic rings. The van der Waals surface area contributed by atoms with Gasteiger partial charge in [0.15, 0.2) is 0 Å². The molecule has 1 aliphatic heterocycles. The van der Waals surface area contributed by atoms with Crippen molar-refractivity contribution in [3.63, 3.8) is 0 Å². The summed E-state index contributed by atoms with van der Waals surface area (Å²) < 4.78 is 0. The minimum Gasteiger partial charge on any atom is -0.336 e. The molecule has 1 fully saturated rings. The number of amides is 1. The molecule has 0 saturated carbocycles. The third-order valence-electron chi connectivity index (χ3n) is 4.57. The number of carbonyl (C=O) groups excluding carboxylic acids is 1. The van der Waals surface area contributed by atoms with Crippen LogP contribution in [0.3, 0.4) is 0 Å². The summed E-state index contributed by atoms with van der Waals surface area (Å²) in [4.78, 5) is 19.5. The first-order valence-electron chi connectivity index (χ1n) is 8.15. The number of hydrogen-bond donors (Lipinski definition) is 0. The molecule has 4 heteroatoms. The molecular weight excluding hydrogens is 274 g/mol. The molecule has 1 aromatic carbocycles. The van der Waals surface area contributed by atoms with Crippen LogP contribution in [-0.2, 0) is 0 Å². The second kappa shape index (κ2) is 7.25. The summed E-state index contributed by atoms with van der Waals surface area (Å²) in [5.41, 5.74) is 1.89. The van der Waals surface area contributed by atoms with Gasteiger partial charge in [-0.3, -0.25) is 9.69 Å². The molecule has 0 spiro atoms. The molecule has 1 heterocycles. The maximum Gasteiger partial charge on any atom is 0.254 e. The average molecular weight is 303 g/mol. The number of nitrogens with zero attached hydrogens (tertiary/aromatic N) is 3. The van der Waals surface area contributed by atoms with Gasteiger partial charge in [0.05, 0.1) is 0 Å². The van der Waals surface area contributed by atoms with E-state index in [1.807, 2.05) is 36.1 Å². The first-order chi connectivity index (χ1) is 10.4. The monoisotopic (exact) mass is 303 g/mol. The highest BCUT2D eigenvalue weighted by Crippen LogP contribution is 2.19. The second-order valence-corrected chi connectivity index (χ2v) is 6.76. The Morgan fingerprint density at radius 2 is 1.77 bits per heavy atom. The Kier molecular flexibility index (Phi) is 5.59. The molecule has 2 atom stereocenters. The summed E-state index contributed by atoms with van der Waals surface area (Å²) in [7, 11) is 4.21. The van der Waals surface area contributed by atoms with Crippen molar-refractivity contribution in [1.29, 1.82) is 0 Å². The molecule has 0 N–H and O–H groups in total. The fourth-order valence-electron chi connectivity index (χ4n) is 3.26. The van der Waals surface area contributed by atoms with Crippen molar-refractivity contribution in [3.8, 4) is 0 Å². The lowest BCUT2D eigenvalue weighted by Gasteiger charge is -2.45. The summed E-state index contributed by atoms with van der Waals surface area (Å²) in [6.07, 6.45) is 0. The molecule has 0 aliphatic carbocycles. The van der Waals surface area contributed by atoms with E-state index in [0.29, 0.717) is 12.1 Å². The zero-order valence-electron chi connectivity index (χ0n) is 14.5. The lowest BCUT2D eigenvalue weighted by atomic mass is 10.0. The Morgan fingerprint density at radius 3 is 2.32 bits per heavy atom. The van der Waals surface area contributed by atoms with E-state index in [9.17, 15) is 4.79 Å². The van der Waals surface area contributed by atoms with Crippen LogP contribution in [0.15, 0.2) is 24.3 Å². The van der Waals surface area contributed by atoms with Crippen LogP contribution < -0.4 is 0 Å². The quantitative estimate of drug-likeness (QED) is 0.852. The molecule has 4 nitrogen and oxygen atoms in total. The minimum atomic E-state index is 0.170. The van der Waals surface area contributed by atoms with Crippen molar-refractivity contribution in [1.82, 2.24) is 14.7 Å². The van der Waals surface area contributed by atoms with E-state index in [4.69, 9.17) is 0 Å². The van der Waals surface area contributed by atoms with Gasteiger partial charge in [0.1, 0.15) is 0 Å². The number of hydrogen-bond acceptors (Lipinski definition) is 3. The zero-order valence-corrected chi connectivity index (χ0v) is 14.5. The maximum absolute atomic E-state index is 12.8. The van der Waals surface area contributed by atoms with E-state index in [1.54, 1.807) is 0 Å². The summed E-state index contributed by atoms with van der Waals surface area (Å²) in [6.45, 7) is 10.2. The first kappa shape index (κ1) is 17.0. The highest BCUT2D eigenvalue weighted by Gasteiger charge is 2.32. The highest BCUT2D eigenvalue weighted by molar-refractivity contribution is 5.95. The van der Waals surface area contributed by atoms with Crippen LogP contribution in [-0.4, -0.2) is 73.0 Å². The summed E-state index contributed by atoms with van der Waals surface area (Å²) in [5, 5.41) is 0. The third-order valence-corrected chi connectivity index (χ3v) is 4.57. The smallest absolute Gasteiger partial charge is 0.254 e. The number of aryl methyl sites for hydroxylation is 1. The van der Waals surface area contributed by atoms with Crippen molar-refractivity contribution < 1.29 is 4.79 Å². The van der Waals surface area contributed by atoms with Gasteiger partial charge in [0, 0.05) is 43.8 Å². The van der Waals surface area contributed by atoms with Gasteiger partial charge in [0.2, 0.25) is 0 Å². The Bertz CT molecular complexity index is 503. The van der Waals surface area contributed by atoms with Crippen molar-refractivity contribution in [2.45, 2.75) is 32.9 Å². The van der Waals surface area contributed by atoms with E-state index in [-0.39, 0.29) is 5.91 Å². The Labute approximate surface area is 134 Å². The Hall–Kier alpha value is -1.39. The van der Waals surface area contributed by atoms with E-state index in [0.717, 1.165) is 37.3 Å². The van der Waals surface area contributed by atoms with Crippen LogP contribution in [0.5, 0.6) is 0 Å². The molecule has 1 saturated heterocycles. The van der Waals surface area contributed by atoms with Gasteiger partial charge in [0.25, 0.3) is 5.91 Å². The van der Waals surface area contributed by atoms with Crippen LogP contribution in [0, 0.1) is 6.92 Å². The van der Waals surface area contributed by atoms with Gasteiger partial charge >= 0.3 is 0 Å². The van der Waals surface area contributed by atoms with Gasteiger partial charge in [-0.2, -0.15) is 0 Å². The fraction of sp³-hybridized carbons (Fsp3) is 0.611. The summed E-state index contributed by atoms with van der Waals surface area (Å²) in [6, 6.07) is 8.67. The number of benzene rings is 1. The molecule has 0 radical (unpaired) electrons. The van der Waals surface area contributed by atoms with Crippen LogP contribution in [0.4, 0.5) is 0 Å². The molecular formula is C18H29N3O. The number of carbonyl (C=O) groups is 1. The van der Waals surface area contributed by atoms with E-state index >= 15 is 0 Å². The normalized spacial score (nSPS) is 23.1. The summed E-state index contributed by atoms with van der Waals surface area (Å²) in [5.74, 6) is 0.170. The van der Waals surface area contributed by atoms with Crippen molar-refractivity contribution in [3.05, 3.63) is 35.4 Å². The van der Waals surface area contributed by atoms with Gasteiger partial charge < -0.3 is 9.80 Å². The van der Waals surface area contributed by atoms with Crippen molar-refractivity contribution in [2.24, 2.45) is 0 Å². The lowest BCUT2D eigenvalue weighted by Crippen LogP contribution is -2.59. The van der Waals surface area contributed by atoms with E-state index < -0.39 is 0 Å². The average Bonchev–Trinajstić information content (AvgIpc) is 2.45. The van der Waals surface area contributed by atoms with Crippen LogP contribution in [0.25, 0.3) is 0 Å². The highest BCUT2D eigenvalue weighted by atomic mass is 16.2. The van der Waals surface area contributed by atoms with Gasteiger partial charge in [-0.25, -0.2) is 0 Å². The topological polar surface area (TPSA) is 26.8 Å². The van der Waals surface area contributed by atoms with Gasteiger partial charge in [-0.15, -0.1) is 0 Å². The fourth-order valence-corrected chi connectivity index (χ4v) is 3.26. The van der Waals surface area contributed by atoms with Gasteiger partial charge in [-0.1, -0.05) is 18.2 Å². The number of piperazine rings is 1. The number of rotatable bonds is 4. The van der Waals surface area contributed by atoms with Crippen LogP contribution >= 0.6 is 0 Å². The van der Waals surface area contributed by atoms with Crippen LogP contribution in [0.2, 0.25) is 0 Å². The molecule has 2 unspecified atom stereocenters. The largest absolute Gasteiger partial charge is 0.336 e. The predicted octanol–water partition coefficient (Wildman–Crippen LogP) is 2.09. The molecule has 2 rings (SSSR count). The Morgan fingerprint density at radius 1 is 1.18 bits per heavy atom. The van der Waals surface area contributed by atoms with E-state index in [2.05, 4.69) is 37.7 Å². The first-order valence-corrected chi connectivity index (χ1v) is 8.15.